The van der Waals surface area contributed by atoms with Crippen LogP contribution >= 0.6 is 11.3 Å². The average Bonchev–Trinajstić information content (AvgIpc) is 3.62. The quantitative estimate of drug-likeness (QED) is 0.328. The number of piperazine rings is 1. The molecule has 1 aliphatic heterocycles. The van der Waals surface area contributed by atoms with Crippen LogP contribution < -0.4 is 15.5 Å². The Bertz CT molecular complexity index is 1440. The molecule has 0 saturated carbocycles. The van der Waals surface area contributed by atoms with Gasteiger partial charge in [-0.05, 0) is 71.3 Å². The van der Waals surface area contributed by atoms with E-state index in [1.54, 1.807) is 48.6 Å². The molecule has 0 spiro atoms. The normalized spacial score (nSPS) is 14.4. The van der Waals surface area contributed by atoms with Crippen molar-refractivity contribution in [3.63, 3.8) is 0 Å². The van der Waals surface area contributed by atoms with Crippen molar-refractivity contribution in [2.24, 2.45) is 0 Å². The first-order valence-corrected chi connectivity index (χ1v) is 13.6. The number of rotatable bonds is 7. The molecule has 1 fully saturated rings. The van der Waals surface area contributed by atoms with E-state index in [4.69, 9.17) is 0 Å². The Labute approximate surface area is 224 Å². The zero-order valence-electron chi connectivity index (χ0n) is 21.4. The van der Waals surface area contributed by atoms with Crippen molar-refractivity contribution in [3.05, 3.63) is 76.0 Å². The number of aromatic amines is 1. The van der Waals surface area contributed by atoms with E-state index in [2.05, 4.69) is 25.7 Å². The number of fused-ring (bicyclic) bond motifs is 1. The first kappa shape index (κ1) is 25.5. The fraction of sp³-hybridized carbons (Fsp3) is 0.286. The largest absolute Gasteiger partial charge is 0.368 e. The van der Waals surface area contributed by atoms with Crippen molar-refractivity contribution in [2.45, 2.75) is 26.3 Å². The van der Waals surface area contributed by atoms with Crippen LogP contribution in [0.2, 0.25) is 0 Å². The van der Waals surface area contributed by atoms with Gasteiger partial charge in [-0.3, -0.25) is 19.5 Å². The summed E-state index contributed by atoms with van der Waals surface area (Å²) < 4.78 is 0. The Morgan fingerprint density at radius 3 is 2.39 bits per heavy atom. The molecule has 10 heteroatoms. The molecular formula is C28H30N6O3S. The maximum absolute atomic E-state index is 13.0. The molecule has 1 saturated heterocycles. The fourth-order valence-electron chi connectivity index (χ4n) is 4.67. The van der Waals surface area contributed by atoms with Crippen LogP contribution in [0.4, 0.5) is 11.5 Å². The second-order valence-electron chi connectivity index (χ2n) is 9.32. The monoisotopic (exact) mass is 530 g/mol. The Hall–Kier alpha value is -4.18. The molecule has 3 heterocycles. The van der Waals surface area contributed by atoms with Gasteiger partial charge in [-0.15, -0.1) is 0 Å². The number of anilines is 2. The molecule has 0 radical (unpaired) electrons. The highest BCUT2D eigenvalue weighted by atomic mass is 32.1. The number of carbonyl (C=O) groups is 3. The summed E-state index contributed by atoms with van der Waals surface area (Å²) in [5.41, 5.74) is 3.83. The highest BCUT2D eigenvalue weighted by Gasteiger charge is 2.20. The minimum Gasteiger partial charge on any atom is -0.368 e. The predicted octanol–water partition coefficient (Wildman–Crippen LogP) is 4.43. The number of amides is 3. The molecule has 9 nitrogen and oxygen atoms in total. The third kappa shape index (κ3) is 5.40. The van der Waals surface area contributed by atoms with Gasteiger partial charge in [-0.25, -0.2) is 0 Å². The summed E-state index contributed by atoms with van der Waals surface area (Å²) >= 11 is 1.60. The van der Waals surface area contributed by atoms with Gasteiger partial charge in [0.2, 0.25) is 5.91 Å². The van der Waals surface area contributed by atoms with Gasteiger partial charge in [0.15, 0.2) is 5.82 Å². The highest BCUT2D eigenvalue weighted by Crippen LogP contribution is 2.25. The Balaban J connectivity index is 1.26. The number of aromatic nitrogens is 2. The highest BCUT2D eigenvalue weighted by molar-refractivity contribution is 7.08. The van der Waals surface area contributed by atoms with E-state index in [1.165, 1.54) is 0 Å². The molecule has 0 bridgehead atoms. The first-order chi connectivity index (χ1) is 18.4. The minimum atomic E-state index is -0.287. The summed E-state index contributed by atoms with van der Waals surface area (Å²) in [4.78, 5) is 41.6. The summed E-state index contributed by atoms with van der Waals surface area (Å²) in [5.74, 6) is 0.000571. The van der Waals surface area contributed by atoms with Crippen LogP contribution in [-0.2, 0) is 4.79 Å². The summed E-state index contributed by atoms with van der Waals surface area (Å²) in [6.45, 7) is 6.53. The SMILES string of the molecule is CCC(NC(=O)c1ccc2[nH]nc(NC(=O)c3ccc(N4CCN(C(C)=O)CC4)cc3)c2c1)c1ccsc1. The van der Waals surface area contributed by atoms with E-state index < -0.39 is 0 Å². The number of hydrogen-bond acceptors (Lipinski definition) is 6. The van der Waals surface area contributed by atoms with Crippen molar-refractivity contribution in [3.8, 4) is 0 Å². The van der Waals surface area contributed by atoms with E-state index >= 15 is 0 Å². The average molecular weight is 531 g/mol. The van der Waals surface area contributed by atoms with Gasteiger partial charge in [0.05, 0.1) is 11.6 Å². The molecule has 0 aliphatic carbocycles. The molecule has 3 N–H and O–H groups in total. The molecule has 4 aromatic rings. The molecule has 1 atom stereocenters. The van der Waals surface area contributed by atoms with Gasteiger partial charge in [0, 0.05) is 55.3 Å². The molecule has 2 aromatic carbocycles. The van der Waals surface area contributed by atoms with E-state index in [0.29, 0.717) is 35.4 Å². The van der Waals surface area contributed by atoms with Gasteiger partial charge in [-0.1, -0.05) is 6.92 Å². The van der Waals surface area contributed by atoms with E-state index in [9.17, 15) is 14.4 Å². The van der Waals surface area contributed by atoms with Crippen molar-refractivity contribution < 1.29 is 14.4 Å². The van der Waals surface area contributed by atoms with Crippen molar-refractivity contribution in [2.75, 3.05) is 36.4 Å². The van der Waals surface area contributed by atoms with Gasteiger partial charge in [-0.2, -0.15) is 16.4 Å². The van der Waals surface area contributed by atoms with Crippen molar-refractivity contribution >= 4 is 51.5 Å². The Morgan fingerprint density at radius 1 is 1.00 bits per heavy atom. The predicted molar refractivity (Wildman–Crippen MR) is 150 cm³/mol. The van der Waals surface area contributed by atoms with Gasteiger partial charge < -0.3 is 20.4 Å². The van der Waals surface area contributed by atoms with Crippen molar-refractivity contribution in [1.82, 2.24) is 20.4 Å². The maximum Gasteiger partial charge on any atom is 0.256 e. The van der Waals surface area contributed by atoms with Crippen molar-refractivity contribution in [1.29, 1.82) is 0 Å². The van der Waals surface area contributed by atoms with Crippen LogP contribution in [-0.4, -0.2) is 59.0 Å². The lowest BCUT2D eigenvalue weighted by Crippen LogP contribution is -2.48. The first-order valence-electron chi connectivity index (χ1n) is 12.7. The van der Waals surface area contributed by atoms with E-state index in [0.717, 1.165) is 36.3 Å². The summed E-state index contributed by atoms with van der Waals surface area (Å²) in [7, 11) is 0. The minimum absolute atomic E-state index is 0.0612. The number of benzene rings is 2. The van der Waals surface area contributed by atoms with Crippen LogP contribution in [0.5, 0.6) is 0 Å². The van der Waals surface area contributed by atoms with Crippen LogP contribution in [0.1, 0.15) is 52.6 Å². The zero-order valence-corrected chi connectivity index (χ0v) is 22.2. The number of thiophene rings is 1. The third-order valence-electron chi connectivity index (χ3n) is 6.94. The molecule has 5 rings (SSSR count). The summed E-state index contributed by atoms with van der Waals surface area (Å²) in [5, 5.41) is 17.9. The van der Waals surface area contributed by atoms with Crippen LogP contribution in [0.15, 0.2) is 59.3 Å². The lowest BCUT2D eigenvalue weighted by atomic mass is 10.1. The molecule has 1 aliphatic rings. The second-order valence-corrected chi connectivity index (χ2v) is 10.1. The zero-order chi connectivity index (χ0) is 26.6. The standard InChI is InChI=1S/C28H30N6O3S/c1-3-24(21-10-15-38-17-21)29-28(37)20-6-9-25-23(16-20)26(32-31-25)30-27(36)19-4-7-22(8-5-19)34-13-11-33(12-14-34)18(2)35/h4-10,15-17,24H,3,11-14H2,1-2H3,(H,29,37)(H2,30,31,32,36). The molecule has 2 aromatic heterocycles. The Kier molecular flexibility index (Phi) is 7.41. The number of carbonyl (C=O) groups excluding carboxylic acids is 3. The van der Waals surface area contributed by atoms with Gasteiger partial charge in [0.1, 0.15) is 0 Å². The number of nitrogens with zero attached hydrogens (tertiary/aromatic N) is 3. The Morgan fingerprint density at radius 2 is 1.74 bits per heavy atom. The molecule has 1 unspecified atom stereocenters. The summed E-state index contributed by atoms with van der Waals surface area (Å²) in [6.07, 6.45) is 0.783. The molecule has 196 valence electrons. The lowest BCUT2D eigenvalue weighted by Gasteiger charge is -2.35. The molecule has 3 amide bonds. The maximum atomic E-state index is 13.0. The smallest absolute Gasteiger partial charge is 0.256 e. The molecular weight excluding hydrogens is 500 g/mol. The third-order valence-corrected chi connectivity index (χ3v) is 7.64. The topological polar surface area (TPSA) is 110 Å². The van der Waals surface area contributed by atoms with E-state index in [1.807, 2.05) is 40.8 Å². The van der Waals surface area contributed by atoms with Gasteiger partial charge >= 0.3 is 0 Å². The number of H-pyrrole nitrogens is 1. The second kappa shape index (κ2) is 11.1. The van der Waals surface area contributed by atoms with Crippen LogP contribution in [0, 0.1) is 0 Å². The van der Waals surface area contributed by atoms with Crippen LogP contribution in [0.3, 0.4) is 0 Å². The lowest BCUT2D eigenvalue weighted by molar-refractivity contribution is -0.129. The van der Waals surface area contributed by atoms with Crippen LogP contribution in [0.25, 0.3) is 10.9 Å². The van der Waals surface area contributed by atoms with E-state index in [-0.39, 0.29) is 23.8 Å². The number of hydrogen-bond donors (Lipinski definition) is 3. The number of nitrogens with one attached hydrogen (secondary N) is 3. The fourth-order valence-corrected chi connectivity index (χ4v) is 5.38. The molecule has 38 heavy (non-hydrogen) atoms. The summed E-state index contributed by atoms with van der Waals surface area (Å²) in [6, 6.07) is 14.6. The van der Waals surface area contributed by atoms with Gasteiger partial charge in [0.25, 0.3) is 11.8 Å².